The number of anilines is 1. The quantitative estimate of drug-likeness (QED) is 0.894. The summed E-state index contributed by atoms with van der Waals surface area (Å²) in [5.41, 5.74) is 3.32. The van der Waals surface area contributed by atoms with Gasteiger partial charge in [-0.1, -0.05) is 0 Å². The van der Waals surface area contributed by atoms with Gasteiger partial charge in [0.05, 0.1) is 23.1 Å². The average molecular weight is 263 g/mol. The first kappa shape index (κ1) is 13.4. The third kappa shape index (κ3) is 2.54. The van der Waals surface area contributed by atoms with Crippen molar-refractivity contribution in [3.05, 3.63) is 41.0 Å². The SMILES string of the molecule is Cc1nn(C)c(C)c1NC(C)c1cc(F)ccc1O. The standard InChI is InChI=1S/C14H18FN3O/c1-8(12-7-11(15)5-6-13(12)19)16-14-9(2)17-18(4)10(14)3/h5-8,16,19H,1-4H3. The van der Waals surface area contributed by atoms with E-state index in [1.807, 2.05) is 27.8 Å². The van der Waals surface area contributed by atoms with Gasteiger partial charge in [0.25, 0.3) is 0 Å². The first-order valence-electron chi connectivity index (χ1n) is 6.15. The highest BCUT2D eigenvalue weighted by molar-refractivity contribution is 5.54. The molecule has 19 heavy (non-hydrogen) atoms. The smallest absolute Gasteiger partial charge is 0.123 e. The van der Waals surface area contributed by atoms with Crippen molar-refractivity contribution in [1.82, 2.24) is 9.78 Å². The first-order valence-corrected chi connectivity index (χ1v) is 6.15. The third-order valence-electron chi connectivity index (χ3n) is 3.33. The summed E-state index contributed by atoms with van der Waals surface area (Å²) in [5, 5.41) is 17.4. The minimum absolute atomic E-state index is 0.0839. The number of rotatable bonds is 3. The van der Waals surface area contributed by atoms with Gasteiger partial charge in [-0.3, -0.25) is 4.68 Å². The second-order valence-corrected chi connectivity index (χ2v) is 4.74. The molecule has 0 aliphatic carbocycles. The number of halogens is 1. The summed E-state index contributed by atoms with van der Waals surface area (Å²) in [6.07, 6.45) is 0. The van der Waals surface area contributed by atoms with Crippen molar-refractivity contribution in [2.24, 2.45) is 7.05 Å². The van der Waals surface area contributed by atoms with Crippen molar-refractivity contribution in [2.75, 3.05) is 5.32 Å². The van der Waals surface area contributed by atoms with Crippen LogP contribution < -0.4 is 5.32 Å². The topological polar surface area (TPSA) is 50.1 Å². The summed E-state index contributed by atoms with van der Waals surface area (Å²) >= 11 is 0. The van der Waals surface area contributed by atoms with Gasteiger partial charge in [-0.25, -0.2) is 4.39 Å². The van der Waals surface area contributed by atoms with E-state index in [1.54, 1.807) is 4.68 Å². The summed E-state index contributed by atoms with van der Waals surface area (Å²) in [7, 11) is 1.87. The van der Waals surface area contributed by atoms with Gasteiger partial charge in [0.1, 0.15) is 11.6 Å². The van der Waals surface area contributed by atoms with Crippen LogP contribution in [0.1, 0.15) is 29.9 Å². The molecule has 5 heteroatoms. The van der Waals surface area contributed by atoms with Gasteiger partial charge in [-0.05, 0) is 39.0 Å². The van der Waals surface area contributed by atoms with E-state index >= 15 is 0 Å². The Bertz CT molecular complexity index is 607. The molecule has 0 amide bonds. The lowest BCUT2D eigenvalue weighted by atomic mass is 10.1. The molecule has 2 N–H and O–H groups in total. The number of phenols is 1. The number of aromatic hydroxyl groups is 1. The van der Waals surface area contributed by atoms with Gasteiger partial charge < -0.3 is 10.4 Å². The molecule has 0 fully saturated rings. The van der Waals surface area contributed by atoms with Crippen LogP contribution in [0.4, 0.5) is 10.1 Å². The van der Waals surface area contributed by atoms with Crippen LogP contribution in [0, 0.1) is 19.7 Å². The average Bonchev–Trinajstić information content (AvgIpc) is 2.59. The van der Waals surface area contributed by atoms with Crippen molar-refractivity contribution < 1.29 is 9.50 Å². The highest BCUT2D eigenvalue weighted by Crippen LogP contribution is 2.29. The molecular formula is C14H18FN3O. The van der Waals surface area contributed by atoms with E-state index in [4.69, 9.17) is 0 Å². The van der Waals surface area contributed by atoms with Crippen LogP contribution in [-0.4, -0.2) is 14.9 Å². The second-order valence-electron chi connectivity index (χ2n) is 4.74. The molecule has 2 aromatic rings. The molecule has 0 saturated carbocycles. The maximum Gasteiger partial charge on any atom is 0.123 e. The zero-order valence-electron chi connectivity index (χ0n) is 11.5. The molecule has 0 spiro atoms. The van der Waals surface area contributed by atoms with Gasteiger partial charge in [-0.15, -0.1) is 0 Å². The third-order valence-corrected chi connectivity index (χ3v) is 3.33. The number of benzene rings is 1. The monoisotopic (exact) mass is 263 g/mol. The molecule has 2 rings (SSSR count). The fourth-order valence-corrected chi connectivity index (χ4v) is 2.15. The molecular weight excluding hydrogens is 245 g/mol. The van der Waals surface area contributed by atoms with Crippen LogP contribution in [0.2, 0.25) is 0 Å². The molecule has 1 aromatic carbocycles. The van der Waals surface area contributed by atoms with E-state index in [1.165, 1.54) is 18.2 Å². The van der Waals surface area contributed by atoms with Gasteiger partial charge in [0.2, 0.25) is 0 Å². The second kappa shape index (κ2) is 4.91. The van der Waals surface area contributed by atoms with Crippen LogP contribution in [0.15, 0.2) is 18.2 Å². The Labute approximate surface area is 111 Å². The molecule has 0 aliphatic heterocycles. The molecule has 1 atom stereocenters. The molecule has 102 valence electrons. The fourth-order valence-electron chi connectivity index (χ4n) is 2.15. The number of nitrogens with zero attached hydrogens (tertiary/aromatic N) is 2. The van der Waals surface area contributed by atoms with Crippen LogP contribution in [0.3, 0.4) is 0 Å². The summed E-state index contributed by atoms with van der Waals surface area (Å²) in [4.78, 5) is 0. The molecule has 0 saturated heterocycles. The minimum atomic E-state index is -0.360. The highest BCUT2D eigenvalue weighted by Gasteiger charge is 2.16. The Morgan fingerprint density at radius 2 is 2.05 bits per heavy atom. The number of phenolic OH excluding ortho intramolecular Hbond substituents is 1. The lowest BCUT2D eigenvalue weighted by molar-refractivity contribution is 0.462. The number of nitrogens with one attached hydrogen (secondary N) is 1. The Kier molecular flexibility index (Phi) is 3.46. The van der Waals surface area contributed by atoms with Gasteiger partial charge in [-0.2, -0.15) is 5.10 Å². The molecule has 1 aromatic heterocycles. The van der Waals surface area contributed by atoms with Gasteiger partial charge in [0, 0.05) is 12.6 Å². The molecule has 1 unspecified atom stereocenters. The molecule has 4 nitrogen and oxygen atoms in total. The fraction of sp³-hybridized carbons (Fsp3) is 0.357. The van der Waals surface area contributed by atoms with E-state index < -0.39 is 0 Å². The van der Waals surface area contributed by atoms with E-state index in [-0.39, 0.29) is 17.6 Å². The largest absolute Gasteiger partial charge is 0.508 e. The Morgan fingerprint density at radius 3 is 2.63 bits per heavy atom. The van der Waals surface area contributed by atoms with E-state index in [0.717, 1.165) is 17.1 Å². The Balaban J connectivity index is 2.30. The zero-order chi connectivity index (χ0) is 14.2. The normalized spacial score (nSPS) is 12.5. The van der Waals surface area contributed by atoms with E-state index in [0.29, 0.717) is 5.56 Å². The van der Waals surface area contributed by atoms with Crippen molar-refractivity contribution in [3.8, 4) is 5.75 Å². The van der Waals surface area contributed by atoms with Crippen LogP contribution in [-0.2, 0) is 7.05 Å². The number of aromatic nitrogens is 2. The zero-order valence-corrected chi connectivity index (χ0v) is 11.5. The summed E-state index contributed by atoms with van der Waals surface area (Å²) < 4.78 is 15.0. The summed E-state index contributed by atoms with van der Waals surface area (Å²) in [6, 6.07) is 3.74. The van der Waals surface area contributed by atoms with E-state index in [2.05, 4.69) is 10.4 Å². The Morgan fingerprint density at radius 1 is 1.37 bits per heavy atom. The molecule has 0 radical (unpaired) electrons. The molecule has 1 heterocycles. The van der Waals surface area contributed by atoms with Crippen molar-refractivity contribution >= 4 is 5.69 Å². The number of aryl methyl sites for hydroxylation is 2. The first-order chi connectivity index (χ1) is 8.90. The van der Waals surface area contributed by atoms with Crippen molar-refractivity contribution in [1.29, 1.82) is 0 Å². The number of hydrogen-bond acceptors (Lipinski definition) is 3. The summed E-state index contributed by atoms with van der Waals surface area (Å²) in [5.74, 6) is -0.276. The minimum Gasteiger partial charge on any atom is -0.508 e. The number of hydrogen-bond donors (Lipinski definition) is 2. The van der Waals surface area contributed by atoms with Gasteiger partial charge in [0.15, 0.2) is 0 Å². The van der Waals surface area contributed by atoms with Crippen LogP contribution >= 0.6 is 0 Å². The van der Waals surface area contributed by atoms with E-state index in [9.17, 15) is 9.50 Å². The maximum atomic E-state index is 13.3. The van der Waals surface area contributed by atoms with Crippen LogP contribution in [0.5, 0.6) is 5.75 Å². The summed E-state index contributed by atoms with van der Waals surface area (Å²) in [6.45, 7) is 5.74. The predicted octanol–water partition coefficient (Wildman–Crippen LogP) is 3.05. The van der Waals surface area contributed by atoms with Crippen molar-refractivity contribution in [2.45, 2.75) is 26.8 Å². The predicted molar refractivity (Wildman–Crippen MR) is 72.8 cm³/mol. The van der Waals surface area contributed by atoms with Crippen molar-refractivity contribution in [3.63, 3.8) is 0 Å². The lowest BCUT2D eigenvalue weighted by Crippen LogP contribution is -2.08. The molecule has 0 bridgehead atoms. The maximum absolute atomic E-state index is 13.3. The van der Waals surface area contributed by atoms with Gasteiger partial charge >= 0.3 is 0 Å². The lowest BCUT2D eigenvalue weighted by Gasteiger charge is -2.17. The Hall–Kier alpha value is -2.04. The highest BCUT2D eigenvalue weighted by atomic mass is 19.1. The van der Waals surface area contributed by atoms with Crippen LogP contribution in [0.25, 0.3) is 0 Å². The molecule has 0 aliphatic rings.